The molecule has 0 fully saturated rings. The van der Waals surface area contributed by atoms with Crippen molar-refractivity contribution in [3.8, 4) is 0 Å². The van der Waals surface area contributed by atoms with Gasteiger partial charge in [-0.1, -0.05) is 0 Å². The highest BCUT2D eigenvalue weighted by Crippen LogP contribution is 2.18. The number of rotatable bonds is 4. The highest BCUT2D eigenvalue weighted by Gasteiger charge is 2.22. The molecule has 0 spiro atoms. The number of likely N-dealkylation sites (N-methyl/N-ethyl adjacent to an activating group) is 1. The maximum atomic E-state index is 12.4. The Morgan fingerprint density at radius 1 is 1.43 bits per heavy atom. The highest BCUT2D eigenvalue weighted by molar-refractivity contribution is 7.17. The molecule has 2 heterocycles. The summed E-state index contributed by atoms with van der Waals surface area (Å²) in [5.41, 5.74) is 0.163. The van der Waals surface area contributed by atoms with Crippen molar-refractivity contribution < 1.29 is 14.7 Å². The zero-order valence-electron chi connectivity index (χ0n) is 11.9. The van der Waals surface area contributed by atoms with Gasteiger partial charge in [-0.15, -0.1) is 11.3 Å². The number of carboxylic acids is 1. The third kappa shape index (κ3) is 2.66. The fourth-order valence-corrected chi connectivity index (χ4v) is 2.91. The van der Waals surface area contributed by atoms with E-state index in [4.69, 9.17) is 5.11 Å². The smallest absolute Gasteiger partial charge is 0.323 e. The summed E-state index contributed by atoms with van der Waals surface area (Å²) in [6.07, 6.45) is 1.22. The lowest BCUT2D eigenvalue weighted by atomic mass is 10.2. The summed E-state index contributed by atoms with van der Waals surface area (Å²) >= 11 is 1.37. The van der Waals surface area contributed by atoms with Gasteiger partial charge in [0, 0.05) is 23.3 Å². The Morgan fingerprint density at radius 2 is 2.10 bits per heavy atom. The number of hydrogen-bond acceptors (Lipinski definition) is 5. The van der Waals surface area contributed by atoms with Gasteiger partial charge in [0.25, 0.3) is 11.5 Å². The molecular weight excluding hydrogens is 294 g/mol. The van der Waals surface area contributed by atoms with Crippen molar-refractivity contribution in [2.24, 2.45) is 0 Å². The quantitative estimate of drug-likeness (QED) is 0.906. The van der Waals surface area contributed by atoms with Gasteiger partial charge in [0.15, 0.2) is 4.96 Å². The fraction of sp³-hybridized carbons (Fsp3) is 0.385. The van der Waals surface area contributed by atoms with Crippen LogP contribution in [0.5, 0.6) is 0 Å². The molecule has 0 unspecified atom stereocenters. The summed E-state index contributed by atoms with van der Waals surface area (Å²) in [6.45, 7) is 5.07. The minimum Gasteiger partial charge on any atom is -0.480 e. The molecule has 8 heteroatoms. The molecule has 0 aliphatic rings. The zero-order chi connectivity index (χ0) is 15.7. The topological polar surface area (TPSA) is 92.0 Å². The fourth-order valence-electron chi connectivity index (χ4n) is 1.98. The molecule has 1 amide bonds. The number of fused-ring (bicyclic) bond motifs is 1. The monoisotopic (exact) mass is 309 g/mol. The molecule has 0 saturated heterocycles. The maximum Gasteiger partial charge on any atom is 0.323 e. The molecule has 7 nitrogen and oxygen atoms in total. The second-order valence-electron chi connectivity index (χ2n) is 4.55. The number of nitrogens with zero attached hydrogens (tertiary/aromatic N) is 3. The average Bonchev–Trinajstić information content (AvgIpc) is 2.71. The van der Waals surface area contributed by atoms with Crippen LogP contribution >= 0.6 is 11.3 Å². The van der Waals surface area contributed by atoms with E-state index >= 15 is 0 Å². The van der Waals surface area contributed by atoms with E-state index in [1.807, 2.05) is 6.92 Å². The summed E-state index contributed by atoms with van der Waals surface area (Å²) in [5, 5.41) is 8.81. The summed E-state index contributed by atoms with van der Waals surface area (Å²) in [5.74, 6) is -1.74. The molecule has 0 aliphatic carbocycles. The molecule has 0 radical (unpaired) electrons. The summed E-state index contributed by atoms with van der Waals surface area (Å²) < 4.78 is 1.39. The average molecular weight is 309 g/mol. The normalized spacial score (nSPS) is 10.8. The lowest BCUT2D eigenvalue weighted by Crippen LogP contribution is -2.39. The lowest BCUT2D eigenvalue weighted by Gasteiger charge is -2.17. The van der Waals surface area contributed by atoms with Crippen molar-refractivity contribution in [3.05, 3.63) is 32.7 Å². The predicted octanol–water partition coefficient (Wildman–Crippen LogP) is 0.920. The van der Waals surface area contributed by atoms with Gasteiger partial charge in [-0.25, -0.2) is 4.98 Å². The van der Waals surface area contributed by atoms with E-state index in [1.165, 1.54) is 21.9 Å². The van der Waals surface area contributed by atoms with Crippen molar-refractivity contribution in [3.63, 3.8) is 0 Å². The number of aliphatic carboxylic acids is 1. The molecule has 0 aliphatic heterocycles. The van der Waals surface area contributed by atoms with E-state index in [-0.39, 0.29) is 12.1 Å². The van der Waals surface area contributed by atoms with E-state index in [0.29, 0.717) is 4.96 Å². The minimum atomic E-state index is -1.12. The molecule has 0 aromatic carbocycles. The molecule has 0 bridgehead atoms. The molecule has 2 aromatic heterocycles. The first-order valence-corrected chi connectivity index (χ1v) is 7.17. The Bertz CT molecular complexity index is 778. The molecule has 2 aromatic rings. The van der Waals surface area contributed by atoms with E-state index in [0.717, 1.165) is 15.5 Å². The van der Waals surface area contributed by atoms with Crippen LogP contribution in [0.25, 0.3) is 4.96 Å². The number of thiazole rings is 1. The SMILES string of the molecule is CCN(CC(=O)O)C(=O)c1cnc2sc(C)c(C)n2c1=O. The van der Waals surface area contributed by atoms with Gasteiger partial charge in [0.05, 0.1) is 0 Å². The highest BCUT2D eigenvalue weighted by atomic mass is 32.1. The third-order valence-corrected chi connectivity index (χ3v) is 4.32. The number of hydrogen-bond donors (Lipinski definition) is 1. The van der Waals surface area contributed by atoms with Crippen LogP contribution in [-0.4, -0.2) is 44.4 Å². The van der Waals surface area contributed by atoms with Crippen LogP contribution in [-0.2, 0) is 4.79 Å². The van der Waals surface area contributed by atoms with Crippen LogP contribution in [0.4, 0.5) is 0 Å². The Morgan fingerprint density at radius 3 is 2.67 bits per heavy atom. The van der Waals surface area contributed by atoms with Crippen LogP contribution < -0.4 is 5.56 Å². The van der Waals surface area contributed by atoms with Gasteiger partial charge in [0.1, 0.15) is 12.1 Å². The summed E-state index contributed by atoms with van der Waals surface area (Å²) in [7, 11) is 0. The van der Waals surface area contributed by atoms with E-state index in [9.17, 15) is 14.4 Å². The minimum absolute atomic E-state index is 0.114. The Balaban J connectivity index is 2.54. The first-order valence-electron chi connectivity index (χ1n) is 6.35. The van der Waals surface area contributed by atoms with E-state index in [1.54, 1.807) is 13.8 Å². The van der Waals surface area contributed by atoms with Gasteiger partial charge < -0.3 is 10.0 Å². The summed E-state index contributed by atoms with van der Waals surface area (Å²) in [6, 6.07) is 0. The lowest BCUT2D eigenvalue weighted by molar-refractivity contribution is -0.137. The van der Waals surface area contributed by atoms with Crippen molar-refractivity contribution >= 4 is 28.2 Å². The van der Waals surface area contributed by atoms with Crippen LogP contribution in [0.2, 0.25) is 0 Å². The van der Waals surface area contributed by atoms with Crippen LogP contribution in [0.1, 0.15) is 27.9 Å². The predicted molar refractivity (Wildman–Crippen MR) is 78.0 cm³/mol. The van der Waals surface area contributed by atoms with Gasteiger partial charge in [-0.3, -0.25) is 18.8 Å². The second kappa shape index (κ2) is 5.65. The van der Waals surface area contributed by atoms with Gasteiger partial charge >= 0.3 is 5.97 Å². The Labute approximate surface area is 124 Å². The molecule has 0 saturated carbocycles. The molecule has 21 heavy (non-hydrogen) atoms. The number of carboxylic acid groups (broad SMARTS) is 1. The molecule has 2 rings (SSSR count). The zero-order valence-corrected chi connectivity index (χ0v) is 12.7. The van der Waals surface area contributed by atoms with Gasteiger partial charge in [-0.2, -0.15) is 0 Å². The number of carbonyl (C=O) groups is 2. The van der Waals surface area contributed by atoms with Crippen LogP contribution in [0, 0.1) is 13.8 Å². The Kier molecular flexibility index (Phi) is 4.08. The largest absolute Gasteiger partial charge is 0.480 e. The first kappa shape index (κ1) is 15.2. The van der Waals surface area contributed by atoms with Crippen LogP contribution in [0.15, 0.2) is 11.0 Å². The molecule has 1 N–H and O–H groups in total. The number of carbonyl (C=O) groups excluding carboxylic acids is 1. The van der Waals surface area contributed by atoms with Crippen LogP contribution in [0.3, 0.4) is 0 Å². The van der Waals surface area contributed by atoms with E-state index < -0.39 is 24.0 Å². The molecule has 112 valence electrons. The first-order chi connectivity index (χ1) is 9.86. The number of amides is 1. The summed E-state index contributed by atoms with van der Waals surface area (Å²) in [4.78, 5) is 42.2. The Hall–Kier alpha value is -2.22. The second-order valence-corrected chi connectivity index (χ2v) is 5.73. The molecule has 0 atom stereocenters. The third-order valence-electron chi connectivity index (χ3n) is 3.24. The van der Waals surface area contributed by atoms with E-state index in [2.05, 4.69) is 4.98 Å². The van der Waals surface area contributed by atoms with Crippen molar-refractivity contribution in [1.82, 2.24) is 14.3 Å². The standard InChI is InChI=1S/C13H15N3O4S/c1-4-15(6-10(17)18)11(19)9-5-14-13-16(12(9)20)7(2)8(3)21-13/h5H,4,6H2,1-3H3,(H,17,18). The maximum absolute atomic E-state index is 12.4. The van der Waals surface area contributed by atoms with Crippen molar-refractivity contribution in [2.75, 3.05) is 13.1 Å². The number of aromatic nitrogens is 2. The van der Waals surface area contributed by atoms with Crippen molar-refractivity contribution in [1.29, 1.82) is 0 Å². The van der Waals surface area contributed by atoms with Gasteiger partial charge in [0.2, 0.25) is 0 Å². The van der Waals surface area contributed by atoms with Gasteiger partial charge in [-0.05, 0) is 20.8 Å². The molecular formula is C13H15N3O4S. The van der Waals surface area contributed by atoms with Crippen molar-refractivity contribution in [2.45, 2.75) is 20.8 Å². The number of aryl methyl sites for hydroxylation is 2.